The van der Waals surface area contributed by atoms with Crippen molar-refractivity contribution in [1.29, 1.82) is 0 Å². The normalized spacial score (nSPS) is 16.7. The summed E-state index contributed by atoms with van der Waals surface area (Å²) in [4.78, 5) is 28.7. The Morgan fingerprint density at radius 3 is 2.55 bits per heavy atom. The van der Waals surface area contributed by atoms with Gasteiger partial charge >= 0.3 is 0 Å². The minimum absolute atomic E-state index is 0.0106. The van der Waals surface area contributed by atoms with E-state index in [-0.39, 0.29) is 23.1 Å². The third-order valence-electron chi connectivity index (χ3n) is 6.86. The van der Waals surface area contributed by atoms with E-state index in [1.165, 1.54) is 19.3 Å². The number of hydrogen-bond acceptors (Lipinski definition) is 3. The van der Waals surface area contributed by atoms with Crippen molar-refractivity contribution in [2.45, 2.75) is 78.8 Å². The molecule has 1 aromatic carbocycles. The molecule has 5 nitrogen and oxygen atoms in total. The number of carbonyl (C=O) groups is 1. The molecule has 1 amide bonds. The van der Waals surface area contributed by atoms with E-state index in [4.69, 9.17) is 0 Å². The number of benzene rings is 1. The van der Waals surface area contributed by atoms with Crippen LogP contribution in [-0.2, 0) is 0 Å². The summed E-state index contributed by atoms with van der Waals surface area (Å²) in [5.41, 5.74) is 2.01. The quantitative estimate of drug-likeness (QED) is 0.654. The van der Waals surface area contributed by atoms with Crippen LogP contribution in [-0.4, -0.2) is 41.1 Å². The number of pyridine rings is 1. The lowest BCUT2D eigenvalue weighted by molar-refractivity contribution is 0.0922. The molecule has 0 aliphatic carbocycles. The van der Waals surface area contributed by atoms with Crippen molar-refractivity contribution in [3.05, 3.63) is 45.7 Å². The lowest BCUT2D eigenvalue weighted by Gasteiger charge is -2.36. The molecule has 1 atom stereocenters. The number of unbranched alkanes of at least 4 members (excludes halogenated alkanes) is 1. The average Bonchev–Trinajstić information content (AvgIpc) is 2.75. The van der Waals surface area contributed by atoms with Gasteiger partial charge in [0.2, 0.25) is 0 Å². The molecule has 2 heterocycles. The second-order valence-corrected chi connectivity index (χ2v) is 9.52. The van der Waals surface area contributed by atoms with Crippen molar-refractivity contribution in [1.82, 2.24) is 14.8 Å². The van der Waals surface area contributed by atoms with Crippen LogP contribution in [0.1, 0.15) is 81.8 Å². The zero-order chi connectivity index (χ0) is 22.5. The van der Waals surface area contributed by atoms with Crippen molar-refractivity contribution in [3.8, 4) is 0 Å². The largest absolute Gasteiger partial charge is 0.352 e. The number of rotatable bonds is 8. The van der Waals surface area contributed by atoms with Gasteiger partial charge in [-0.05, 0) is 83.7 Å². The molecule has 1 unspecified atom stereocenters. The van der Waals surface area contributed by atoms with Gasteiger partial charge in [-0.15, -0.1) is 0 Å². The molecule has 3 rings (SSSR count). The Hall–Kier alpha value is -2.14. The molecule has 5 heteroatoms. The summed E-state index contributed by atoms with van der Waals surface area (Å²) in [6.45, 7) is 13.4. The highest BCUT2D eigenvalue weighted by Gasteiger charge is 2.24. The van der Waals surface area contributed by atoms with E-state index in [0.717, 1.165) is 42.4 Å². The van der Waals surface area contributed by atoms with E-state index in [9.17, 15) is 9.59 Å². The first-order valence-electron chi connectivity index (χ1n) is 12.0. The maximum atomic E-state index is 13.1. The first-order chi connectivity index (χ1) is 14.8. The third-order valence-corrected chi connectivity index (χ3v) is 6.86. The van der Waals surface area contributed by atoms with Gasteiger partial charge in [0.25, 0.3) is 11.5 Å². The Morgan fingerprint density at radius 1 is 1.19 bits per heavy atom. The fourth-order valence-electron chi connectivity index (χ4n) is 4.80. The number of amides is 1. The first-order valence-corrected chi connectivity index (χ1v) is 12.0. The number of hydrogen-bond donors (Lipinski definition) is 1. The summed E-state index contributed by atoms with van der Waals surface area (Å²) in [5, 5.41) is 4.04. The summed E-state index contributed by atoms with van der Waals surface area (Å²) in [6, 6.07) is 8.36. The van der Waals surface area contributed by atoms with Crippen LogP contribution in [0.5, 0.6) is 0 Å². The molecule has 0 radical (unpaired) electrons. The van der Waals surface area contributed by atoms with Gasteiger partial charge < -0.3 is 14.8 Å². The summed E-state index contributed by atoms with van der Waals surface area (Å²) in [6.07, 6.45) is 6.00. The van der Waals surface area contributed by atoms with Gasteiger partial charge in [-0.2, -0.15) is 0 Å². The highest BCUT2D eigenvalue weighted by Crippen LogP contribution is 2.22. The molecular formula is C26H39N3O2. The van der Waals surface area contributed by atoms with Gasteiger partial charge in [-0.25, -0.2) is 0 Å². The topological polar surface area (TPSA) is 54.3 Å². The van der Waals surface area contributed by atoms with Gasteiger partial charge in [0, 0.05) is 24.0 Å². The van der Waals surface area contributed by atoms with Crippen LogP contribution < -0.4 is 10.9 Å². The Labute approximate surface area is 186 Å². The van der Waals surface area contributed by atoms with Crippen molar-refractivity contribution >= 4 is 16.8 Å². The lowest BCUT2D eigenvalue weighted by atomic mass is 9.95. The maximum absolute atomic E-state index is 13.1. The van der Waals surface area contributed by atoms with Crippen LogP contribution in [0.4, 0.5) is 0 Å². The summed E-state index contributed by atoms with van der Waals surface area (Å²) in [5.74, 6) is 0.233. The number of piperidine rings is 1. The van der Waals surface area contributed by atoms with E-state index in [2.05, 4.69) is 24.1 Å². The van der Waals surface area contributed by atoms with Crippen LogP contribution in [0.25, 0.3) is 10.9 Å². The number of nitrogens with one attached hydrogen (secondary N) is 1. The number of aryl methyl sites for hydroxylation is 1. The number of aromatic nitrogens is 1. The van der Waals surface area contributed by atoms with Gasteiger partial charge in [0.15, 0.2) is 0 Å². The van der Waals surface area contributed by atoms with E-state index < -0.39 is 0 Å². The fraction of sp³-hybridized carbons (Fsp3) is 0.615. The monoisotopic (exact) mass is 425 g/mol. The van der Waals surface area contributed by atoms with E-state index in [0.29, 0.717) is 18.5 Å². The van der Waals surface area contributed by atoms with E-state index >= 15 is 0 Å². The molecule has 1 aliphatic heterocycles. The molecule has 1 fully saturated rings. The second-order valence-electron chi connectivity index (χ2n) is 9.52. The van der Waals surface area contributed by atoms with Gasteiger partial charge in [0.1, 0.15) is 5.56 Å². The van der Waals surface area contributed by atoms with E-state index in [1.54, 1.807) is 10.6 Å². The van der Waals surface area contributed by atoms with Gasteiger partial charge in [0.05, 0.1) is 5.52 Å². The molecule has 2 aromatic rings. The number of nitrogens with zero attached hydrogens (tertiary/aromatic N) is 2. The van der Waals surface area contributed by atoms with Gasteiger partial charge in [-0.1, -0.05) is 31.9 Å². The summed E-state index contributed by atoms with van der Waals surface area (Å²) < 4.78 is 1.74. The molecule has 0 spiro atoms. The molecule has 0 bridgehead atoms. The Morgan fingerprint density at radius 2 is 1.90 bits per heavy atom. The zero-order valence-electron chi connectivity index (χ0n) is 19.9. The SMILES string of the molecule is CCCCC(C)N1CCC(CNC(=O)c2cc3c(C)cccc3n(C(C)C)c2=O)CC1. The molecule has 1 aliphatic rings. The molecule has 0 saturated carbocycles. The minimum atomic E-state index is -0.247. The van der Waals surface area contributed by atoms with E-state index in [1.807, 2.05) is 39.0 Å². The molecule has 170 valence electrons. The minimum Gasteiger partial charge on any atom is -0.352 e. The van der Waals surface area contributed by atoms with Crippen LogP contribution in [0.15, 0.2) is 29.1 Å². The Balaban J connectivity index is 1.67. The molecule has 1 aromatic heterocycles. The first kappa shape index (κ1) is 23.5. The maximum Gasteiger partial charge on any atom is 0.264 e. The lowest BCUT2D eigenvalue weighted by Crippen LogP contribution is -2.43. The zero-order valence-corrected chi connectivity index (χ0v) is 19.9. The predicted octanol–water partition coefficient (Wildman–Crippen LogP) is 4.91. The second kappa shape index (κ2) is 10.4. The van der Waals surface area contributed by atoms with Crippen molar-refractivity contribution in [2.75, 3.05) is 19.6 Å². The van der Waals surface area contributed by atoms with Crippen molar-refractivity contribution < 1.29 is 4.79 Å². The Bertz CT molecular complexity index is 955. The standard InChI is InChI=1S/C26H39N3O2/c1-6-7-10-20(5)28-14-12-21(13-15-28)17-27-25(30)23-16-22-19(4)9-8-11-24(22)29(18(2)3)26(23)31/h8-9,11,16,18,20-21H,6-7,10,12-15,17H2,1-5H3,(H,27,30). The van der Waals surface area contributed by atoms with Crippen LogP contribution in [0.3, 0.4) is 0 Å². The van der Waals surface area contributed by atoms with Crippen LogP contribution in [0, 0.1) is 12.8 Å². The smallest absolute Gasteiger partial charge is 0.264 e. The van der Waals surface area contributed by atoms with Crippen molar-refractivity contribution in [3.63, 3.8) is 0 Å². The molecular weight excluding hydrogens is 386 g/mol. The molecule has 31 heavy (non-hydrogen) atoms. The summed E-state index contributed by atoms with van der Waals surface area (Å²) >= 11 is 0. The number of likely N-dealkylation sites (tertiary alicyclic amines) is 1. The third kappa shape index (κ3) is 5.38. The fourth-order valence-corrected chi connectivity index (χ4v) is 4.80. The van der Waals surface area contributed by atoms with Crippen LogP contribution >= 0.6 is 0 Å². The number of fused-ring (bicyclic) bond motifs is 1. The highest BCUT2D eigenvalue weighted by molar-refractivity contribution is 5.98. The molecule has 1 N–H and O–H groups in total. The van der Waals surface area contributed by atoms with Gasteiger partial charge in [-0.3, -0.25) is 9.59 Å². The average molecular weight is 426 g/mol. The molecule has 1 saturated heterocycles. The van der Waals surface area contributed by atoms with Crippen molar-refractivity contribution in [2.24, 2.45) is 5.92 Å². The van der Waals surface area contributed by atoms with Crippen LogP contribution in [0.2, 0.25) is 0 Å². The summed E-state index contributed by atoms with van der Waals surface area (Å²) in [7, 11) is 0. The Kier molecular flexibility index (Phi) is 7.93. The number of carbonyl (C=O) groups excluding carboxylic acids is 1. The predicted molar refractivity (Wildman–Crippen MR) is 129 cm³/mol. The highest BCUT2D eigenvalue weighted by atomic mass is 16.2.